The van der Waals surface area contributed by atoms with E-state index >= 15 is 0 Å². The predicted octanol–water partition coefficient (Wildman–Crippen LogP) is 3.07. The van der Waals surface area contributed by atoms with Gasteiger partial charge in [-0.25, -0.2) is 4.79 Å². The molecule has 0 unspecified atom stereocenters. The highest BCUT2D eigenvalue weighted by molar-refractivity contribution is 7.13. The Morgan fingerprint density at radius 1 is 1.09 bits per heavy atom. The van der Waals surface area contributed by atoms with E-state index in [0.29, 0.717) is 9.94 Å². The van der Waals surface area contributed by atoms with Crippen molar-refractivity contribution in [1.29, 1.82) is 0 Å². The van der Waals surface area contributed by atoms with Gasteiger partial charge in [0.05, 0.1) is 11.1 Å². The molecular weight excluding hydrogens is 314 g/mol. The van der Waals surface area contributed by atoms with Crippen molar-refractivity contribution in [2.45, 2.75) is 19.3 Å². The molecule has 5 nitrogen and oxygen atoms in total. The van der Waals surface area contributed by atoms with Crippen LogP contribution in [0, 0.1) is 5.92 Å². The number of benzene rings is 1. The van der Waals surface area contributed by atoms with Gasteiger partial charge < -0.3 is 4.84 Å². The summed E-state index contributed by atoms with van der Waals surface area (Å²) in [5, 5.41) is 0.549. The molecule has 0 N–H and O–H groups in total. The van der Waals surface area contributed by atoms with Crippen LogP contribution in [0.1, 0.15) is 48.1 Å². The van der Waals surface area contributed by atoms with Crippen LogP contribution in [0.2, 0.25) is 0 Å². The van der Waals surface area contributed by atoms with Gasteiger partial charge in [-0.15, -0.1) is 11.3 Å². The number of hydroxylamine groups is 2. The molecule has 6 heteroatoms. The van der Waals surface area contributed by atoms with Crippen LogP contribution in [0.5, 0.6) is 0 Å². The minimum atomic E-state index is -0.674. The van der Waals surface area contributed by atoms with E-state index in [0.717, 1.165) is 17.2 Å². The zero-order valence-corrected chi connectivity index (χ0v) is 13.0. The van der Waals surface area contributed by atoms with Gasteiger partial charge in [-0.2, -0.15) is 0 Å². The lowest BCUT2D eigenvalue weighted by atomic mass is 10.1. The molecule has 1 aromatic heterocycles. The summed E-state index contributed by atoms with van der Waals surface area (Å²) < 4.78 is 0. The predicted molar refractivity (Wildman–Crippen MR) is 83.1 cm³/mol. The molecule has 1 aromatic carbocycles. The second-order valence-corrected chi connectivity index (χ2v) is 6.91. The lowest BCUT2D eigenvalue weighted by Crippen LogP contribution is -2.32. The van der Waals surface area contributed by atoms with Crippen LogP contribution in [0.3, 0.4) is 0 Å². The molecule has 2 aliphatic rings. The van der Waals surface area contributed by atoms with Gasteiger partial charge >= 0.3 is 5.97 Å². The molecule has 2 aromatic rings. The maximum Gasteiger partial charge on any atom is 0.373 e. The Labute approximate surface area is 136 Å². The summed E-state index contributed by atoms with van der Waals surface area (Å²) in [6.07, 6.45) is 3.46. The summed E-state index contributed by atoms with van der Waals surface area (Å²) in [5.74, 6) is -1.15. The summed E-state index contributed by atoms with van der Waals surface area (Å²) in [4.78, 5) is 43.1. The van der Waals surface area contributed by atoms with Crippen LogP contribution in [0.25, 0.3) is 0 Å². The molecule has 0 atom stereocenters. The smallest absolute Gasteiger partial charge is 0.323 e. The number of amides is 2. The largest absolute Gasteiger partial charge is 0.373 e. The van der Waals surface area contributed by atoms with Crippen LogP contribution in [0.4, 0.5) is 0 Å². The van der Waals surface area contributed by atoms with Crippen molar-refractivity contribution in [3.63, 3.8) is 0 Å². The molecule has 1 fully saturated rings. The van der Waals surface area contributed by atoms with E-state index in [2.05, 4.69) is 0 Å². The SMILES string of the molecule is O=C(ON1C(=O)c2ccccc2C1=O)c1ccc(CC2CC2)s1. The van der Waals surface area contributed by atoms with Crippen LogP contribution < -0.4 is 0 Å². The molecule has 4 rings (SSSR count). The molecule has 116 valence electrons. The fourth-order valence-corrected chi connectivity index (χ4v) is 3.58. The van der Waals surface area contributed by atoms with E-state index in [1.54, 1.807) is 30.3 Å². The van der Waals surface area contributed by atoms with Crippen molar-refractivity contribution in [3.8, 4) is 0 Å². The highest BCUT2D eigenvalue weighted by Crippen LogP contribution is 2.34. The van der Waals surface area contributed by atoms with Gasteiger partial charge in [0.2, 0.25) is 0 Å². The van der Waals surface area contributed by atoms with E-state index in [1.165, 1.54) is 24.2 Å². The minimum Gasteiger partial charge on any atom is -0.323 e. The first kappa shape index (κ1) is 14.1. The van der Waals surface area contributed by atoms with Gasteiger partial charge in [0, 0.05) is 4.88 Å². The topological polar surface area (TPSA) is 63.7 Å². The van der Waals surface area contributed by atoms with E-state index in [-0.39, 0.29) is 11.1 Å². The monoisotopic (exact) mass is 327 g/mol. The Bertz CT molecular complexity index is 787. The first-order valence-corrected chi connectivity index (χ1v) is 8.24. The molecule has 0 bridgehead atoms. The Kier molecular flexibility index (Phi) is 3.27. The number of carbonyl (C=O) groups is 3. The Morgan fingerprint density at radius 2 is 1.74 bits per heavy atom. The van der Waals surface area contributed by atoms with E-state index < -0.39 is 17.8 Å². The fraction of sp³-hybridized carbons (Fsp3) is 0.235. The zero-order chi connectivity index (χ0) is 16.0. The van der Waals surface area contributed by atoms with Gasteiger partial charge in [-0.3, -0.25) is 9.59 Å². The van der Waals surface area contributed by atoms with Crippen molar-refractivity contribution >= 4 is 29.1 Å². The van der Waals surface area contributed by atoms with Crippen LogP contribution in [-0.4, -0.2) is 22.8 Å². The van der Waals surface area contributed by atoms with Gasteiger partial charge in [-0.1, -0.05) is 17.2 Å². The lowest BCUT2D eigenvalue weighted by molar-refractivity contribution is -0.0581. The number of hydrogen-bond acceptors (Lipinski definition) is 5. The Morgan fingerprint density at radius 3 is 2.35 bits per heavy atom. The summed E-state index contributed by atoms with van der Waals surface area (Å²) in [6.45, 7) is 0. The number of fused-ring (bicyclic) bond motifs is 1. The molecule has 0 radical (unpaired) electrons. The molecule has 23 heavy (non-hydrogen) atoms. The zero-order valence-electron chi connectivity index (χ0n) is 12.2. The van der Waals surface area contributed by atoms with E-state index in [4.69, 9.17) is 4.84 Å². The summed E-state index contributed by atoms with van der Waals surface area (Å²) in [5.41, 5.74) is 0.511. The van der Waals surface area contributed by atoms with Crippen molar-refractivity contribution in [2.24, 2.45) is 5.92 Å². The van der Waals surface area contributed by atoms with Crippen LogP contribution in [-0.2, 0) is 11.3 Å². The van der Waals surface area contributed by atoms with E-state index in [1.807, 2.05) is 6.07 Å². The van der Waals surface area contributed by atoms with E-state index in [9.17, 15) is 14.4 Å². The maximum atomic E-state index is 12.2. The second kappa shape index (κ2) is 5.31. The standard InChI is InChI=1S/C17H13NO4S/c19-15-12-3-1-2-4-13(12)16(20)18(15)22-17(21)14-8-7-11(23-14)9-10-5-6-10/h1-4,7-8,10H,5-6,9H2. The quantitative estimate of drug-likeness (QED) is 0.810. The molecule has 0 spiro atoms. The van der Waals surface area contributed by atoms with Crippen molar-refractivity contribution in [3.05, 3.63) is 57.3 Å². The summed E-state index contributed by atoms with van der Waals surface area (Å²) >= 11 is 1.36. The number of nitrogens with zero attached hydrogens (tertiary/aromatic N) is 1. The number of carbonyl (C=O) groups excluding carboxylic acids is 3. The molecular formula is C17H13NO4S. The minimum absolute atomic E-state index is 0.255. The number of rotatable bonds is 4. The van der Waals surface area contributed by atoms with Crippen molar-refractivity contribution in [2.75, 3.05) is 0 Å². The van der Waals surface area contributed by atoms with Gasteiger partial charge in [0.1, 0.15) is 4.88 Å². The fourth-order valence-electron chi connectivity index (χ4n) is 2.58. The van der Waals surface area contributed by atoms with Crippen molar-refractivity contribution in [1.82, 2.24) is 5.06 Å². The maximum absolute atomic E-state index is 12.2. The lowest BCUT2D eigenvalue weighted by Gasteiger charge is -2.11. The van der Waals surface area contributed by atoms with Crippen LogP contribution in [0.15, 0.2) is 36.4 Å². The molecule has 1 aliphatic carbocycles. The average Bonchev–Trinajstić information content (AvgIpc) is 3.19. The first-order valence-electron chi connectivity index (χ1n) is 7.42. The number of hydrogen-bond donors (Lipinski definition) is 0. The van der Waals surface area contributed by atoms with Crippen LogP contribution >= 0.6 is 11.3 Å². The molecule has 0 saturated heterocycles. The Hall–Kier alpha value is -2.47. The molecule has 2 heterocycles. The third-order valence-electron chi connectivity index (χ3n) is 3.98. The van der Waals surface area contributed by atoms with Gasteiger partial charge in [0.15, 0.2) is 0 Å². The Balaban J connectivity index is 1.49. The molecule has 1 aliphatic heterocycles. The van der Waals surface area contributed by atoms with Gasteiger partial charge in [-0.05, 0) is 49.4 Å². The highest BCUT2D eigenvalue weighted by atomic mass is 32.1. The molecule has 1 saturated carbocycles. The summed E-state index contributed by atoms with van der Waals surface area (Å²) in [6, 6.07) is 10.0. The third-order valence-corrected chi connectivity index (χ3v) is 5.07. The average molecular weight is 327 g/mol. The summed E-state index contributed by atoms with van der Waals surface area (Å²) in [7, 11) is 0. The van der Waals surface area contributed by atoms with Crippen molar-refractivity contribution < 1.29 is 19.2 Å². The first-order chi connectivity index (χ1) is 11.1. The molecule has 2 amide bonds. The second-order valence-electron chi connectivity index (χ2n) is 5.74. The number of imide groups is 1. The van der Waals surface area contributed by atoms with Gasteiger partial charge in [0.25, 0.3) is 11.8 Å². The highest BCUT2D eigenvalue weighted by Gasteiger charge is 2.39. The third kappa shape index (κ3) is 2.55. The normalized spacial score (nSPS) is 16.6. The number of thiophene rings is 1.